The molecule has 37 heavy (non-hydrogen) atoms. The first-order valence-electron chi connectivity index (χ1n) is 23.0. The molecule has 0 saturated heterocycles. The molecule has 0 radical (unpaired) electrons. The molecule has 1 heteroatoms. The van der Waals surface area contributed by atoms with Gasteiger partial charge in [0.15, 0.2) is 0 Å². The number of hydrogen-bond donors (Lipinski definition) is 0. The lowest BCUT2D eigenvalue weighted by Gasteiger charge is -2.59. The molecule has 0 aliphatic heterocycles. The molecule has 3 fully saturated rings. The van der Waals surface area contributed by atoms with Crippen LogP contribution in [0.3, 0.4) is 0 Å². The Morgan fingerprint density at radius 3 is 2.46 bits per heavy atom. The Kier molecular flexibility index (Phi) is 2.13. The van der Waals surface area contributed by atoms with Crippen LogP contribution in [0.1, 0.15) is 105 Å². The summed E-state index contributed by atoms with van der Waals surface area (Å²) in [6.45, 7) is 0. The van der Waals surface area contributed by atoms with Crippen molar-refractivity contribution in [3.63, 3.8) is 0 Å². The van der Waals surface area contributed by atoms with E-state index in [4.69, 9.17) is 15.4 Å². The van der Waals surface area contributed by atoms with E-state index >= 15 is 0 Å². The van der Waals surface area contributed by atoms with Crippen molar-refractivity contribution < 1.29 is 34.6 Å². The van der Waals surface area contributed by atoms with Crippen LogP contribution in [0.25, 0.3) is 32.5 Å². The van der Waals surface area contributed by atoms with E-state index in [2.05, 4.69) is 0 Å². The van der Waals surface area contributed by atoms with Crippen LogP contribution in [0, 0.1) is 17.7 Å². The van der Waals surface area contributed by atoms with Crippen LogP contribution in [-0.4, -0.2) is 0 Å². The summed E-state index contributed by atoms with van der Waals surface area (Å²) in [6.07, 6.45) is -39.2. The zero-order valence-corrected chi connectivity index (χ0v) is 19.5. The van der Waals surface area contributed by atoms with Crippen molar-refractivity contribution >= 4 is 32.5 Å². The average molecular weight is 507 g/mol. The molecule has 8 rings (SSSR count). The average Bonchev–Trinajstić information content (AvgIpc) is 3.60. The van der Waals surface area contributed by atoms with E-state index in [1.54, 1.807) is 30.3 Å². The van der Waals surface area contributed by atoms with E-state index in [1.165, 1.54) is 18.2 Å². The molecular weight excluding hydrogens is 448 g/mol. The molecule has 3 saturated carbocycles. The molecule has 186 valence electrons. The van der Waals surface area contributed by atoms with Crippen LogP contribution in [0.5, 0.6) is 0 Å². The Morgan fingerprint density at radius 2 is 1.51 bits per heavy atom. The minimum atomic E-state index is -4.73. The maximum atomic E-state index is 11.0. The van der Waals surface area contributed by atoms with Gasteiger partial charge in [-0.25, -0.2) is 0 Å². The second kappa shape index (κ2) is 8.48. The van der Waals surface area contributed by atoms with Gasteiger partial charge in [0.2, 0.25) is 0 Å². The number of furan rings is 1. The maximum absolute atomic E-state index is 11.0. The van der Waals surface area contributed by atoms with Gasteiger partial charge >= 0.3 is 0 Å². The molecule has 0 amide bonds. The molecule has 1 aromatic heterocycles. The summed E-state index contributed by atoms with van der Waals surface area (Å²) in [5.41, 5.74) is -6.12. The summed E-state index contributed by atoms with van der Waals surface area (Å²) >= 11 is 0. The highest BCUT2D eigenvalue weighted by molar-refractivity contribution is 6.16. The zero-order chi connectivity index (χ0) is 44.2. The quantitative estimate of drug-likeness (QED) is 0.217. The summed E-state index contributed by atoms with van der Waals surface area (Å²) in [5, 5.41) is 1.93. The Morgan fingerprint density at radius 1 is 0.730 bits per heavy atom. The smallest absolute Gasteiger partial charge is 0.141 e. The molecule has 0 spiro atoms. The first-order chi connectivity index (χ1) is 26.7. The summed E-state index contributed by atoms with van der Waals surface area (Å²) in [4.78, 5) is 0. The fraction of sp³-hybridized carbons (Fsp3) is 0.389. The topological polar surface area (TPSA) is 13.1 Å². The van der Waals surface area contributed by atoms with Crippen molar-refractivity contribution in [1.29, 1.82) is 0 Å². The molecule has 4 aromatic carbocycles. The van der Waals surface area contributed by atoms with Gasteiger partial charge in [0, 0.05) is 57.8 Å². The number of benzene rings is 4. The zero-order valence-electron chi connectivity index (χ0n) is 41.5. The molecule has 5 unspecified atom stereocenters. The van der Waals surface area contributed by atoms with Gasteiger partial charge in [0.25, 0.3) is 0 Å². The lowest BCUT2D eigenvalue weighted by atomic mass is 9.44. The summed E-state index contributed by atoms with van der Waals surface area (Å²) in [6, 6.07) is 18.6. The van der Waals surface area contributed by atoms with Gasteiger partial charge in [-0.15, -0.1) is 0 Å². The Hall–Kier alpha value is -3.06. The monoisotopic (exact) mass is 506 g/mol. The van der Waals surface area contributed by atoms with E-state index in [0.717, 1.165) is 29.7 Å². The fourth-order valence-corrected chi connectivity index (χ4v) is 5.75. The molecular formula is C36H36O. The molecule has 5 aromatic rings. The number of rotatable bonds is 2. The summed E-state index contributed by atoms with van der Waals surface area (Å²) in [7, 11) is 0. The highest BCUT2D eigenvalue weighted by Gasteiger charge is 2.57. The first kappa shape index (κ1) is 9.30. The van der Waals surface area contributed by atoms with Gasteiger partial charge in [0.1, 0.15) is 5.58 Å². The van der Waals surface area contributed by atoms with Crippen molar-refractivity contribution in [2.75, 3.05) is 0 Å². The summed E-state index contributed by atoms with van der Waals surface area (Å²) < 4.78 is 215. The van der Waals surface area contributed by atoms with Gasteiger partial charge < -0.3 is 4.42 Å². The molecule has 3 aliphatic rings. The number of hydrogen-bond acceptors (Lipinski definition) is 1. The third-order valence-corrected chi connectivity index (χ3v) is 7.38. The van der Waals surface area contributed by atoms with Crippen molar-refractivity contribution in [2.45, 2.75) is 68.7 Å². The predicted octanol–water partition coefficient (Wildman–Crippen LogP) is 10.2. The van der Waals surface area contributed by atoms with Crippen LogP contribution in [-0.2, 0) is 5.41 Å². The Balaban J connectivity index is 1.73. The van der Waals surface area contributed by atoms with Crippen molar-refractivity contribution in [3.05, 3.63) is 96.3 Å². The lowest BCUT2D eigenvalue weighted by molar-refractivity contribution is -0.00158. The van der Waals surface area contributed by atoms with Crippen LogP contribution in [0.4, 0.5) is 0 Å². The van der Waals surface area contributed by atoms with Crippen LogP contribution >= 0.6 is 0 Å². The lowest BCUT2D eigenvalue weighted by Crippen LogP contribution is -2.52. The Bertz CT molecular complexity index is 2600. The molecule has 0 bridgehead atoms. The van der Waals surface area contributed by atoms with Gasteiger partial charge in [-0.1, -0.05) is 105 Å². The second-order valence-corrected chi connectivity index (χ2v) is 9.21. The largest absolute Gasteiger partial charge is 0.463 e. The standard InChI is InChI=1S/C36H36O/c1-2-12-26(13-3-1)36-21-9-8-14-27(36)22-25-11-5-7-16-29(25)34(36)33-23-37-35-31-18-17-24-10-4-6-15-28(24)30(31)19-20-32(33)35/h1-4,6,10,12-13,15,17-20,23,25,27,29,34H,5,7-9,11,14,16,21-22H2/i5D2,7D2,8D2,9D2,11D2,14D2,16D2,21D2,22D2,25D,27D,29D,34D. The minimum Gasteiger partial charge on any atom is -0.463 e. The second-order valence-electron chi connectivity index (χ2n) is 9.21. The van der Waals surface area contributed by atoms with Gasteiger partial charge in [0.05, 0.1) is 6.26 Å². The first-order valence-corrected chi connectivity index (χ1v) is 12.0. The predicted molar refractivity (Wildman–Crippen MR) is 154 cm³/mol. The maximum Gasteiger partial charge on any atom is 0.141 e. The minimum absolute atomic E-state index is 0.170. The fourth-order valence-electron chi connectivity index (χ4n) is 5.75. The molecule has 0 N–H and O–H groups in total. The Labute approximate surface area is 250 Å². The SMILES string of the molecule is [2H]C1([2H])C([2H])([2H])C([2H])([2H])C2([2H])C([2H])(c3coc4c3ccc3c5ccccc5ccc34)C3(c4ccccc4)C([2H])([2H])C([2H])([2H])C([2H])([2H])C([2H])([2H])C3([2H])C([2H])([2H])C2([2H])C1([2H])[2H]. The molecule has 1 heterocycles. The van der Waals surface area contributed by atoms with Gasteiger partial charge in [-0.05, 0) is 71.0 Å². The third kappa shape index (κ3) is 3.16. The van der Waals surface area contributed by atoms with Crippen molar-refractivity contribution in [1.82, 2.24) is 0 Å². The van der Waals surface area contributed by atoms with Crippen molar-refractivity contribution in [3.8, 4) is 0 Å². The molecule has 1 nitrogen and oxygen atoms in total. The van der Waals surface area contributed by atoms with Gasteiger partial charge in [-0.2, -0.15) is 0 Å². The summed E-state index contributed by atoms with van der Waals surface area (Å²) in [5.74, 6) is -18.1. The van der Waals surface area contributed by atoms with E-state index in [-0.39, 0.29) is 16.4 Å². The molecule has 3 aliphatic carbocycles. The van der Waals surface area contributed by atoms with E-state index < -0.39 is 97.5 Å². The van der Waals surface area contributed by atoms with Gasteiger partial charge in [-0.3, -0.25) is 0 Å². The highest BCUT2D eigenvalue weighted by atomic mass is 16.3. The molecule has 5 atom stereocenters. The van der Waals surface area contributed by atoms with Crippen LogP contribution < -0.4 is 0 Å². The van der Waals surface area contributed by atoms with Crippen LogP contribution in [0.2, 0.25) is 0 Å². The number of fused-ring (bicyclic) bond motifs is 7. The van der Waals surface area contributed by atoms with E-state index in [1.807, 2.05) is 6.07 Å². The normalized spacial score (nSPS) is 58.8. The van der Waals surface area contributed by atoms with Crippen molar-refractivity contribution in [2.24, 2.45) is 17.7 Å². The third-order valence-electron chi connectivity index (χ3n) is 7.38. The highest BCUT2D eigenvalue weighted by Crippen LogP contribution is 2.65. The van der Waals surface area contributed by atoms with E-state index in [9.17, 15) is 19.2 Å². The van der Waals surface area contributed by atoms with Crippen LogP contribution in [0.15, 0.2) is 89.5 Å². The van der Waals surface area contributed by atoms with E-state index in [0.29, 0.717) is 17.0 Å².